The lowest BCUT2D eigenvalue weighted by atomic mass is 10.2. The number of nitrogens with zero attached hydrogens (tertiary/aromatic N) is 3. The van der Waals surface area contributed by atoms with Crippen LogP contribution < -0.4 is 10.2 Å². The second kappa shape index (κ2) is 4.86. The Kier molecular flexibility index (Phi) is 3.17. The molecule has 0 unspecified atom stereocenters. The molecule has 1 N–H and O–H groups in total. The van der Waals surface area contributed by atoms with Gasteiger partial charge in [0.15, 0.2) is 0 Å². The molecule has 7 heteroatoms. The van der Waals surface area contributed by atoms with Crippen molar-refractivity contribution in [2.75, 3.05) is 23.8 Å². The molecule has 0 radical (unpaired) electrons. The summed E-state index contributed by atoms with van der Waals surface area (Å²) in [5, 5.41) is 3.03. The fraction of sp³-hybridized carbons (Fsp3) is 0.231. The van der Waals surface area contributed by atoms with Gasteiger partial charge in [0.2, 0.25) is 5.28 Å². The molecule has 2 aromatic rings. The minimum Gasteiger partial charge on any atom is -0.373 e. The van der Waals surface area contributed by atoms with Crippen LogP contribution in [0.25, 0.3) is 0 Å². The van der Waals surface area contributed by atoms with Gasteiger partial charge in [-0.3, -0.25) is 0 Å². The molecule has 3 rings (SSSR count). The third-order valence-electron chi connectivity index (χ3n) is 3.24. The van der Waals surface area contributed by atoms with Crippen molar-refractivity contribution >= 4 is 28.9 Å². The average Bonchev–Trinajstić information content (AvgIpc) is 2.81. The van der Waals surface area contributed by atoms with Crippen molar-refractivity contribution in [3.63, 3.8) is 0 Å². The lowest BCUT2D eigenvalue weighted by Gasteiger charge is -2.19. The van der Waals surface area contributed by atoms with Crippen LogP contribution >= 0.6 is 11.6 Å². The topological polar surface area (TPSA) is 41.1 Å². The monoisotopic (exact) mass is 296 g/mol. The van der Waals surface area contributed by atoms with E-state index < -0.39 is 11.6 Å². The first-order valence-corrected chi connectivity index (χ1v) is 6.44. The summed E-state index contributed by atoms with van der Waals surface area (Å²) in [5.41, 5.74) is 1.16. The number of benzene rings is 1. The minimum absolute atomic E-state index is 0.0857. The molecule has 0 saturated heterocycles. The molecule has 0 spiro atoms. The van der Waals surface area contributed by atoms with Gasteiger partial charge in [-0.1, -0.05) is 0 Å². The van der Waals surface area contributed by atoms with Gasteiger partial charge in [-0.2, -0.15) is 4.98 Å². The summed E-state index contributed by atoms with van der Waals surface area (Å²) >= 11 is 5.88. The van der Waals surface area contributed by atoms with E-state index in [-0.39, 0.29) is 11.0 Å². The van der Waals surface area contributed by atoms with Gasteiger partial charge in [0.25, 0.3) is 0 Å². The molecule has 1 aromatic carbocycles. The molecule has 0 amide bonds. The fourth-order valence-corrected chi connectivity index (χ4v) is 2.53. The Morgan fingerprint density at radius 3 is 2.80 bits per heavy atom. The fourth-order valence-electron chi connectivity index (χ4n) is 2.37. The van der Waals surface area contributed by atoms with Gasteiger partial charge >= 0.3 is 0 Å². The average molecular weight is 297 g/mol. The molecule has 0 bridgehead atoms. The maximum Gasteiger partial charge on any atom is 0.226 e. The summed E-state index contributed by atoms with van der Waals surface area (Å²) in [5.74, 6) is -0.0502. The molecule has 0 aliphatic carbocycles. The van der Waals surface area contributed by atoms with Gasteiger partial charge in [0.05, 0.1) is 5.69 Å². The van der Waals surface area contributed by atoms with Crippen molar-refractivity contribution in [3.05, 3.63) is 40.7 Å². The second-order valence-electron chi connectivity index (χ2n) is 4.39. The Labute approximate surface area is 119 Å². The van der Waals surface area contributed by atoms with Crippen LogP contribution in [-0.4, -0.2) is 23.6 Å². The zero-order valence-electron chi connectivity index (χ0n) is 10.6. The van der Waals surface area contributed by atoms with Crippen LogP contribution in [0.3, 0.4) is 0 Å². The molecule has 1 aliphatic heterocycles. The normalized spacial score (nSPS) is 13.5. The third-order valence-corrected chi connectivity index (χ3v) is 3.41. The molecule has 0 saturated carbocycles. The maximum absolute atomic E-state index is 13.9. The number of aromatic nitrogens is 2. The van der Waals surface area contributed by atoms with Crippen LogP contribution in [0.4, 0.5) is 26.1 Å². The number of rotatable bonds is 2. The molecular weight excluding hydrogens is 286 g/mol. The Balaban J connectivity index is 2.11. The first-order valence-electron chi connectivity index (χ1n) is 6.07. The Bertz CT molecular complexity index is 678. The number of hydrogen-bond acceptors (Lipinski definition) is 4. The molecule has 1 aromatic heterocycles. The lowest BCUT2D eigenvalue weighted by molar-refractivity contribution is 0.582. The van der Waals surface area contributed by atoms with Crippen LogP contribution in [0.5, 0.6) is 0 Å². The molecular formula is C13H11ClF2N4. The zero-order chi connectivity index (χ0) is 14.3. The van der Waals surface area contributed by atoms with Crippen molar-refractivity contribution in [2.24, 2.45) is 0 Å². The van der Waals surface area contributed by atoms with Crippen LogP contribution in [0.1, 0.15) is 5.56 Å². The van der Waals surface area contributed by atoms with E-state index in [0.29, 0.717) is 24.6 Å². The number of anilines is 3. The van der Waals surface area contributed by atoms with Crippen LogP contribution in [0.15, 0.2) is 18.2 Å². The highest BCUT2D eigenvalue weighted by molar-refractivity contribution is 6.28. The summed E-state index contributed by atoms with van der Waals surface area (Å²) in [6.07, 6.45) is 0.666. The largest absolute Gasteiger partial charge is 0.373 e. The van der Waals surface area contributed by atoms with E-state index in [1.54, 1.807) is 11.9 Å². The van der Waals surface area contributed by atoms with E-state index >= 15 is 0 Å². The third kappa shape index (κ3) is 2.06. The van der Waals surface area contributed by atoms with Gasteiger partial charge < -0.3 is 10.2 Å². The van der Waals surface area contributed by atoms with Crippen LogP contribution in [0.2, 0.25) is 5.28 Å². The highest BCUT2D eigenvalue weighted by Crippen LogP contribution is 2.37. The van der Waals surface area contributed by atoms with E-state index in [4.69, 9.17) is 11.6 Å². The molecule has 104 valence electrons. The van der Waals surface area contributed by atoms with Gasteiger partial charge in [0.1, 0.15) is 23.3 Å². The highest BCUT2D eigenvalue weighted by atomic mass is 35.5. The quantitative estimate of drug-likeness (QED) is 0.865. The Morgan fingerprint density at radius 2 is 2.10 bits per heavy atom. The molecule has 0 fully saturated rings. The van der Waals surface area contributed by atoms with Crippen LogP contribution in [-0.2, 0) is 6.42 Å². The number of halogens is 3. The summed E-state index contributed by atoms with van der Waals surface area (Å²) < 4.78 is 26.9. The predicted molar refractivity (Wildman–Crippen MR) is 73.7 cm³/mol. The second-order valence-corrected chi connectivity index (χ2v) is 4.73. The van der Waals surface area contributed by atoms with Crippen molar-refractivity contribution < 1.29 is 8.78 Å². The summed E-state index contributed by atoms with van der Waals surface area (Å²) in [6, 6.07) is 3.47. The first-order chi connectivity index (χ1) is 9.60. The molecule has 1 aliphatic rings. The zero-order valence-corrected chi connectivity index (χ0v) is 11.4. The summed E-state index contributed by atoms with van der Waals surface area (Å²) in [6.45, 7) is 0.543. The first kappa shape index (κ1) is 13.1. The molecule has 0 atom stereocenters. The number of fused-ring (bicyclic) bond motifs is 1. The molecule has 4 nitrogen and oxygen atoms in total. The van der Waals surface area contributed by atoms with E-state index in [1.807, 2.05) is 0 Å². The van der Waals surface area contributed by atoms with Gasteiger partial charge in [-0.05, 0) is 30.2 Å². The lowest BCUT2D eigenvalue weighted by Crippen LogP contribution is -2.16. The van der Waals surface area contributed by atoms with Gasteiger partial charge in [-0.25, -0.2) is 13.8 Å². The SMILES string of the molecule is CNc1nc(Cl)nc2c1CCN2c1ccc(F)cc1F. The van der Waals surface area contributed by atoms with E-state index in [9.17, 15) is 8.78 Å². The van der Waals surface area contributed by atoms with Gasteiger partial charge in [0, 0.05) is 25.2 Å². The van der Waals surface area contributed by atoms with Crippen molar-refractivity contribution in [2.45, 2.75) is 6.42 Å². The summed E-state index contributed by atoms with van der Waals surface area (Å²) in [4.78, 5) is 9.93. The number of nitrogens with one attached hydrogen (secondary N) is 1. The Morgan fingerprint density at radius 1 is 1.30 bits per heavy atom. The van der Waals surface area contributed by atoms with Crippen molar-refractivity contribution in [1.29, 1.82) is 0 Å². The predicted octanol–water partition coefficient (Wildman–Crippen LogP) is 3.14. The maximum atomic E-state index is 13.9. The smallest absolute Gasteiger partial charge is 0.226 e. The molecule has 20 heavy (non-hydrogen) atoms. The van der Waals surface area contributed by atoms with Crippen molar-refractivity contribution in [3.8, 4) is 0 Å². The summed E-state index contributed by atoms with van der Waals surface area (Å²) in [7, 11) is 1.74. The van der Waals surface area contributed by atoms with Gasteiger partial charge in [-0.15, -0.1) is 0 Å². The van der Waals surface area contributed by atoms with Crippen molar-refractivity contribution in [1.82, 2.24) is 9.97 Å². The van der Waals surface area contributed by atoms with Crippen LogP contribution in [0, 0.1) is 11.6 Å². The van der Waals surface area contributed by atoms with E-state index in [1.165, 1.54) is 12.1 Å². The van der Waals surface area contributed by atoms with E-state index in [0.717, 1.165) is 11.6 Å². The number of hydrogen-bond donors (Lipinski definition) is 1. The van der Waals surface area contributed by atoms with E-state index in [2.05, 4.69) is 15.3 Å². The highest BCUT2D eigenvalue weighted by Gasteiger charge is 2.28. The Hall–Kier alpha value is -1.95. The minimum atomic E-state index is -0.626. The molecule has 2 heterocycles. The standard InChI is InChI=1S/C13H11ClF2N4/c1-17-11-8-4-5-20(12(8)19-13(14)18-11)10-3-2-7(15)6-9(10)16/h2-3,6H,4-5H2,1H3,(H,17,18,19).